The zero-order valence-electron chi connectivity index (χ0n) is 18.1. The van der Waals surface area contributed by atoms with Crippen LogP contribution in [0, 0.1) is 18.7 Å². The summed E-state index contributed by atoms with van der Waals surface area (Å²) in [5, 5.41) is 0. The van der Waals surface area contributed by atoms with Gasteiger partial charge < -0.3 is 10.2 Å². The van der Waals surface area contributed by atoms with Crippen molar-refractivity contribution in [3.63, 3.8) is 0 Å². The molecule has 2 aliphatic rings. The summed E-state index contributed by atoms with van der Waals surface area (Å²) in [5.41, 5.74) is 9.63. The van der Waals surface area contributed by atoms with Crippen LogP contribution in [0.15, 0.2) is 46.6 Å². The minimum Gasteiger partial charge on any atom is -0.441 e. The van der Waals surface area contributed by atoms with Gasteiger partial charge >= 0.3 is 6.09 Å². The number of nitrogens with one attached hydrogen (secondary N) is 2. The number of carbonyl (C=O) groups is 1. The summed E-state index contributed by atoms with van der Waals surface area (Å²) in [6.45, 7) is 6.57. The second kappa shape index (κ2) is 9.89. The molecule has 0 bridgehead atoms. The van der Waals surface area contributed by atoms with Gasteiger partial charge in [-0.2, -0.15) is 0 Å². The molecule has 0 radical (unpaired) electrons. The number of amides is 1. The number of nitrogens with zero attached hydrogens (tertiary/aromatic N) is 2. The van der Waals surface area contributed by atoms with E-state index >= 15 is 0 Å². The highest BCUT2D eigenvalue weighted by molar-refractivity contribution is 5.83. The molecule has 7 heteroatoms. The predicted octanol–water partition coefficient (Wildman–Crippen LogP) is 4.40. The fraction of sp³-hybridized carbons (Fsp3) is 0.478. The normalized spacial score (nSPS) is 25.0. The van der Waals surface area contributed by atoms with Gasteiger partial charge in [-0.1, -0.05) is 44.6 Å². The molecule has 2 fully saturated rings. The number of rotatable bonds is 6. The Morgan fingerprint density at radius 1 is 1.47 bits per heavy atom. The molecule has 1 aromatic rings. The smallest absolute Gasteiger partial charge is 0.411 e. The number of hydrogen-bond acceptors (Lipinski definition) is 5. The van der Waals surface area contributed by atoms with Crippen LogP contribution in [0.5, 0.6) is 0 Å². The fourth-order valence-electron chi connectivity index (χ4n) is 3.53. The highest BCUT2D eigenvalue weighted by Crippen LogP contribution is 2.30. The third-order valence-electron chi connectivity index (χ3n) is 5.71. The van der Waals surface area contributed by atoms with E-state index in [1.807, 2.05) is 12.3 Å². The molecule has 2 aliphatic heterocycles. The van der Waals surface area contributed by atoms with Crippen LogP contribution in [0.1, 0.15) is 50.3 Å². The zero-order chi connectivity index (χ0) is 21.7. The van der Waals surface area contributed by atoms with Crippen molar-refractivity contribution in [3.05, 3.63) is 58.6 Å². The lowest BCUT2D eigenvalue weighted by molar-refractivity contribution is 0.00722. The standard InChI is InChI=1S/C23H31FN4O2/c1-5-15(2)6-8-18(14-25-4)20-13-22(27-26-20)28-11-10-21(30-23(28)29)17-9-7-16(3)19(24)12-17/h6-9,12,14-15,21-22,26-27H,5,10-11,13H2,1-4H3/b8-6-,20-18+,25-14?. The molecule has 0 saturated carbocycles. The Bertz CT molecular complexity index is 865. The molecule has 0 spiro atoms. The Hall–Kier alpha value is -2.67. The van der Waals surface area contributed by atoms with Gasteiger partial charge in [0.15, 0.2) is 0 Å². The molecule has 6 nitrogen and oxygen atoms in total. The predicted molar refractivity (Wildman–Crippen MR) is 116 cm³/mol. The second-order valence-electron chi connectivity index (χ2n) is 7.92. The van der Waals surface area contributed by atoms with E-state index in [0.717, 1.165) is 17.7 Å². The second-order valence-corrected chi connectivity index (χ2v) is 7.92. The number of hydrogen-bond donors (Lipinski definition) is 2. The summed E-state index contributed by atoms with van der Waals surface area (Å²) < 4.78 is 19.5. The molecule has 0 aromatic heterocycles. The van der Waals surface area contributed by atoms with E-state index in [4.69, 9.17) is 4.74 Å². The van der Waals surface area contributed by atoms with Crippen LogP contribution in [-0.2, 0) is 4.74 Å². The van der Waals surface area contributed by atoms with E-state index in [2.05, 4.69) is 41.8 Å². The van der Waals surface area contributed by atoms with Crippen molar-refractivity contribution in [2.45, 2.75) is 52.3 Å². The molecule has 3 rings (SSSR count). The van der Waals surface area contributed by atoms with Crippen molar-refractivity contribution in [2.24, 2.45) is 10.9 Å². The molecule has 1 amide bonds. The van der Waals surface area contributed by atoms with E-state index in [0.29, 0.717) is 36.4 Å². The van der Waals surface area contributed by atoms with Crippen LogP contribution in [0.25, 0.3) is 0 Å². The Morgan fingerprint density at radius 3 is 2.93 bits per heavy atom. The van der Waals surface area contributed by atoms with Crippen LogP contribution in [0.4, 0.5) is 9.18 Å². The highest BCUT2D eigenvalue weighted by Gasteiger charge is 2.36. The number of carbonyl (C=O) groups excluding carboxylic acids is 1. The number of aliphatic imine (C=N–C) groups is 1. The SMILES string of the molecule is CCC(C)/C=C\C(C=NC)=C1\CC(N2CCC(c3ccc(C)c(F)c3)OC2=O)NN1. The first kappa shape index (κ1) is 22.0. The van der Waals surface area contributed by atoms with Crippen LogP contribution in [0.3, 0.4) is 0 Å². The van der Waals surface area contributed by atoms with E-state index < -0.39 is 12.2 Å². The fourth-order valence-corrected chi connectivity index (χ4v) is 3.53. The highest BCUT2D eigenvalue weighted by atomic mass is 19.1. The number of allylic oxidation sites excluding steroid dienone is 3. The zero-order valence-corrected chi connectivity index (χ0v) is 18.1. The number of aryl methyl sites for hydroxylation is 1. The first-order chi connectivity index (χ1) is 14.4. The molecule has 2 saturated heterocycles. The van der Waals surface area contributed by atoms with Gasteiger partial charge in [-0.25, -0.2) is 14.6 Å². The van der Waals surface area contributed by atoms with Crippen LogP contribution < -0.4 is 10.9 Å². The van der Waals surface area contributed by atoms with Crippen LogP contribution in [0.2, 0.25) is 0 Å². The summed E-state index contributed by atoms with van der Waals surface area (Å²) in [4.78, 5) is 18.5. The molecule has 30 heavy (non-hydrogen) atoms. The topological polar surface area (TPSA) is 66.0 Å². The van der Waals surface area contributed by atoms with Gasteiger partial charge in [0.25, 0.3) is 0 Å². The monoisotopic (exact) mass is 414 g/mol. The number of halogens is 1. The Morgan fingerprint density at radius 2 is 2.27 bits per heavy atom. The minimum atomic E-state index is -0.422. The number of benzene rings is 1. The molecule has 0 aliphatic carbocycles. The summed E-state index contributed by atoms with van der Waals surface area (Å²) >= 11 is 0. The molecule has 2 N–H and O–H groups in total. The maximum absolute atomic E-state index is 13.9. The maximum Gasteiger partial charge on any atom is 0.411 e. The van der Waals surface area contributed by atoms with E-state index in [9.17, 15) is 9.18 Å². The average molecular weight is 415 g/mol. The maximum atomic E-state index is 13.9. The van der Waals surface area contributed by atoms with E-state index in [1.165, 1.54) is 6.07 Å². The van der Waals surface area contributed by atoms with Crippen LogP contribution in [-0.4, -0.2) is 37.0 Å². The quantitative estimate of drug-likeness (QED) is 0.677. The molecule has 162 valence electrons. The molecule has 3 unspecified atom stereocenters. The first-order valence-corrected chi connectivity index (χ1v) is 10.5. The number of cyclic esters (lactones) is 1. The molecule has 1 aromatic carbocycles. The summed E-state index contributed by atoms with van der Waals surface area (Å²) in [7, 11) is 1.74. The summed E-state index contributed by atoms with van der Waals surface area (Å²) in [6.07, 6.45) is 7.35. The largest absolute Gasteiger partial charge is 0.441 e. The third kappa shape index (κ3) is 5.08. The number of ether oxygens (including phenoxy) is 1. The van der Waals surface area contributed by atoms with Gasteiger partial charge in [-0.3, -0.25) is 9.89 Å². The Kier molecular flexibility index (Phi) is 7.26. The minimum absolute atomic E-state index is 0.208. The molecular formula is C23H31FN4O2. The molecule has 2 heterocycles. The van der Waals surface area contributed by atoms with Crippen molar-refractivity contribution < 1.29 is 13.9 Å². The van der Waals surface area contributed by atoms with Gasteiger partial charge in [-0.15, -0.1) is 0 Å². The summed E-state index contributed by atoms with van der Waals surface area (Å²) in [6, 6.07) is 5.00. The Balaban J connectivity index is 1.67. The lowest BCUT2D eigenvalue weighted by Gasteiger charge is -2.35. The molecule has 3 atom stereocenters. The van der Waals surface area contributed by atoms with Crippen LogP contribution >= 0.6 is 0 Å². The average Bonchev–Trinajstić information content (AvgIpc) is 3.22. The lowest BCUT2D eigenvalue weighted by Crippen LogP contribution is -2.51. The van der Waals surface area contributed by atoms with Gasteiger partial charge in [0, 0.05) is 43.9 Å². The van der Waals surface area contributed by atoms with Gasteiger partial charge in [0.05, 0.1) is 0 Å². The van der Waals surface area contributed by atoms with Crippen molar-refractivity contribution >= 4 is 12.3 Å². The third-order valence-corrected chi connectivity index (χ3v) is 5.71. The first-order valence-electron chi connectivity index (χ1n) is 10.5. The van der Waals surface area contributed by atoms with Crippen molar-refractivity contribution in [1.29, 1.82) is 0 Å². The van der Waals surface area contributed by atoms with Crippen molar-refractivity contribution in [3.8, 4) is 0 Å². The van der Waals surface area contributed by atoms with E-state index in [1.54, 1.807) is 24.9 Å². The van der Waals surface area contributed by atoms with Gasteiger partial charge in [0.1, 0.15) is 18.1 Å². The number of hydrazine groups is 1. The lowest BCUT2D eigenvalue weighted by atomic mass is 10.0. The van der Waals surface area contributed by atoms with Gasteiger partial charge in [0.2, 0.25) is 0 Å². The van der Waals surface area contributed by atoms with E-state index in [-0.39, 0.29) is 12.0 Å². The van der Waals surface area contributed by atoms with Crippen molar-refractivity contribution in [1.82, 2.24) is 15.8 Å². The summed E-state index contributed by atoms with van der Waals surface area (Å²) in [5.74, 6) is 0.203. The Labute approximate surface area is 177 Å². The molecular weight excluding hydrogens is 383 g/mol. The van der Waals surface area contributed by atoms with Gasteiger partial charge in [-0.05, 0) is 30.0 Å². The van der Waals surface area contributed by atoms with Crippen molar-refractivity contribution in [2.75, 3.05) is 13.6 Å².